The monoisotopic (exact) mass is 290 g/mol. The first-order valence-corrected chi connectivity index (χ1v) is 4.36. The van der Waals surface area contributed by atoms with Gasteiger partial charge >= 0.3 is 38.7 Å². The molecule has 0 aliphatic rings. The van der Waals surface area contributed by atoms with Crippen molar-refractivity contribution in [2.45, 2.75) is 20.3 Å². The van der Waals surface area contributed by atoms with Gasteiger partial charge in [-0.3, -0.25) is 9.59 Å². The van der Waals surface area contributed by atoms with Crippen molar-refractivity contribution < 1.29 is 51.8 Å². The molecule has 0 spiro atoms. The van der Waals surface area contributed by atoms with Gasteiger partial charge in [0.1, 0.15) is 0 Å². The molecule has 0 aromatic heterocycles. The molecule has 0 fully saturated rings. The van der Waals surface area contributed by atoms with E-state index < -0.39 is 11.4 Å². The minimum atomic E-state index is -0.900. The zero-order valence-electron chi connectivity index (χ0n) is 9.70. The van der Waals surface area contributed by atoms with Gasteiger partial charge in [-0.2, -0.15) is 0 Å². The quantitative estimate of drug-likeness (QED) is 0.576. The SMILES string of the molecule is [CH2-]C(C)(CC(C)C(=O)OC)C(=O)OC.[Y+3]. The minimum Gasteiger partial charge on any atom is -0.471 e. The van der Waals surface area contributed by atoms with Crippen LogP contribution in [0.15, 0.2) is 0 Å². The molecule has 82 valence electrons. The Labute approximate surface area is 116 Å². The number of ether oxygens (including phenoxy) is 2. The van der Waals surface area contributed by atoms with Gasteiger partial charge in [0.05, 0.1) is 20.1 Å². The molecule has 0 N–H and O–H groups in total. The van der Waals surface area contributed by atoms with Crippen LogP contribution in [0.3, 0.4) is 0 Å². The molecule has 0 aromatic rings. The zero-order chi connectivity index (χ0) is 11.4. The molecule has 0 saturated heterocycles. The fourth-order valence-corrected chi connectivity index (χ4v) is 1.29. The molecule has 0 amide bonds. The average molecular weight is 290 g/mol. The third-order valence-corrected chi connectivity index (χ3v) is 2.04. The largest absolute Gasteiger partial charge is 3.00 e. The van der Waals surface area contributed by atoms with Crippen LogP contribution < -0.4 is 0 Å². The maximum Gasteiger partial charge on any atom is 3.00 e. The second kappa shape index (κ2) is 7.34. The van der Waals surface area contributed by atoms with E-state index in [1.54, 1.807) is 13.8 Å². The standard InChI is InChI=1S/C10H17O4.Y/c1-7(8(11)13-4)6-10(2,3)9(12)14-5;/h7H,2,6H2,1,3-5H3;/q-1;+3. The summed E-state index contributed by atoms with van der Waals surface area (Å²) in [6, 6.07) is 0. The van der Waals surface area contributed by atoms with E-state index in [0.717, 1.165) is 0 Å². The molecule has 0 radical (unpaired) electrons. The van der Waals surface area contributed by atoms with Crippen LogP contribution in [-0.2, 0) is 51.8 Å². The van der Waals surface area contributed by atoms with E-state index in [4.69, 9.17) is 0 Å². The summed E-state index contributed by atoms with van der Waals surface area (Å²) < 4.78 is 9.13. The Balaban J connectivity index is 0. The maximum absolute atomic E-state index is 11.2. The molecule has 0 saturated carbocycles. The van der Waals surface area contributed by atoms with Crippen molar-refractivity contribution in [3.63, 3.8) is 0 Å². The van der Waals surface area contributed by atoms with E-state index in [0.29, 0.717) is 6.42 Å². The van der Waals surface area contributed by atoms with Gasteiger partial charge in [0.25, 0.3) is 5.97 Å². The van der Waals surface area contributed by atoms with Crippen molar-refractivity contribution in [2.75, 3.05) is 14.2 Å². The Morgan fingerprint density at radius 2 is 1.80 bits per heavy atom. The van der Waals surface area contributed by atoms with Crippen LogP contribution in [0.4, 0.5) is 0 Å². The first-order valence-electron chi connectivity index (χ1n) is 4.36. The Hall–Kier alpha value is 0.0439. The van der Waals surface area contributed by atoms with E-state index in [-0.39, 0.29) is 44.6 Å². The van der Waals surface area contributed by atoms with Crippen LogP contribution >= 0.6 is 0 Å². The molecule has 0 bridgehead atoms. The van der Waals surface area contributed by atoms with Gasteiger partial charge in [-0.25, -0.2) is 0 Å². The fourth-order valence-electron chi connectivity index (χ4n) is 1.29. The predicted octanol–water partition coefficient (Wildman–Crippen LogP) is 1.20. The number of carbonyl (C=O) groups excluding carboxylic acids is 2. The van der Waals surface area contributed by atoms with Gasteiger partial charge in [-0.05, 0) is 0 Å². The van der Waals surface area contributed by atoms with Crippen LogP contribution in [0.25, 0.3) is 0 Å². The van der Waals surface area contributed by atoms with Gasteiger partial charge in [-0.15, -0.1) is 0 Å². The average Bonchev–Trinajstić information content (AvgIpc) is 2.14. The van der Waals surface area contributed by atoms with Crippen LogP contribution in [0.1, 0.15) is 20.3 Å². The van der Waals surface area contributed by atoms with Gasteiger partial charge in [0, 0.05) is 0 Å². The molecule has 15 heavy (non-hydrogen) atoms. The summed E-state index contributed by atoms with van der Waals surface area (Å²) in [5, 5.41) is 0. The van der Waals surface area contributed by atoms with Gasteiger partial charge in [-0.1, -0.05) is 25.7 Å². The molecule has 0 heterocycles. The Morgan fingerprint density at radius 3 is 2.13 bits per heavy atom. The summed E-state index contributed by atoms with van der Waals surface area (Å²) in [7, 11) is 2.62. The second-order valence-corrected chi connectivity index (χ2v) is 3.68. The summed E-state index contributed by atoms with van der Waals surface area (Å²) in [4.78, 5) is 22.3. The number of methoxy groups -OCH3 is 2. The fraction of sp³-hybridized carbons (Fsp3) is 0.700. The van der Waals surface area contributed by atoms with E-state index in [1.807, 2.05) is 0 Å². The first-order chi connectivity index (χ1) is 6.35. The third kappa shape index (κ3) is 5.62. The summed E-state index contributed by atoms with van der Waals surface area (Å²) in [5.41, 5.74) is -0.900. The zero-order valence-corrected chi connectivity index (χ0v) is 12.5. The molecular formula is C10H17O4Y+2. The number of hydrogen-bond acceptors (Lipinski definition) is 4. The van der Waals surface area contributed by atoms with Crippen molar-refractivity contribution >= 4 is 11.9 Å². The Bertz CT molecular complexity index is 225. The number of esters is 2. The molecule has 2 atom stereocenters. The molecule has 0 aliphatic heterocycles. The summed E-state index contributed by atoms with van der Waals surface area (Å²) in [5.74, 6) is -1.13. The molecule has 2 unspecified atom stereocenters. The molecule has 0 aromatic carbocycles. The smallest absolute Gasteiger partial charge is 0.471 e. The molecule has 0 rings (SSSR count). The second-order valence-electron chi connectivity index (χ2n) is 3.68. The maximum atomic E-state index is 11.2. The number of rotatable bonds is 4. The van der Waals surface area contributed by atoms with Crippen LogP contribution in [0.5, 0.6) is 0 Å². The van der Waals surface area contributed by atoms with Gasteiger partial charge in [0.15, 0.2) is 0 Å². The van der Waals surface area contributed by atoms with Crippen LogP contribution in [0, 0.1) is 18.3 Å². The minimum absolute atomic E-state index is 0. The predicted molar refractivity (Wildman–Crippen MR) is 51.3 cm³/mol. The van der Waals surface area contributed by atoms with E-state index in [2.05, 4.69) is 16.4 Å². The summed E-state index contributed by atoms with van der Waals surface area (Å²) in [6.45, 7) is 7.04. The van der Waals surface area contributed by atoms with Gasteiger partial charge in [0.2, 0.25) is 0 Å². The van der Waals surface area contributed by atoms with Crippen molar-refractivity contribution in [1.29, 1.82) is 0 Å². The van der Waals surface area contributed by atoms with E-state index >= 15 is 0 Å². The van der Waals surface area contributed by atoms with Crippen molar-refractivity contribution in [3.05, 3.63) is 6.92 Å². The number of hydrogen-bond donors (Lipinski definition) is 0. The summed E-state index contributed by atoms with van der Waals surface area (Å²) >= 11 is 0. The molecule has 5 heteroatoms. The normalized spacial score (nSPS) is 15.5. The molecular weight excluding hydrogens is 273 g/mol. The topological polar surface area (TPSA) is 52.6 Å². The molecule has 0 aliphatic carbocycles. The third-order valence-electron chi connectivity index (χ3n) is 2.04. The Morgan fingerprint density at radius 1 is 1.33 bits per heavy atom. The summed E-state index contributed by atoms with van der Waals surface area (Å²) in [6.07, 6.45) is 0.312. The number of carbonyl (C=O) groups is 2. The first kappa shape index (κ1) is 17.4. The van der Waals surface area contributed by atoms with Crippen molar-refractivity contribution in [3.8, 4) is 0 Å². The van der Waals surface area contributed by atoms with Crippen LogP contribution in [-0.4, -0.2) is 26.2 Å². The molecule has 4 nitrogen and oxygen atoms in total. The van der Waals surface area contributed by atoms with E-state index in [1.165, 1.54) is 14.2 Å². The van der Waals surface area contributed by atoms with Gasteiger partial charge < -0.3 is 16.4 Å². The van der Waals surface area contributed by atoms with Crippen molar-refractivity contribution in [1.82, 2.24) is 0 Å². The van der Waals surface area contributed by atoms with Crippen LogP contribution in [0.2, 0.25) is 0 Å². The van der Waals surface area contributed by atoms with E-state index in [9.17, 15) is 9.59 Å². The Kier molecular flexibility index (Phi) is 8.53. The van der Waals surface area contributed by atoms with Crippen molar-refractivity contribution in [2.24, 2.45) is 11.3 Å².